The molecular formula is C15H17N3O4S. The number of nitrogens with two attached hydrogens (primary N) is 1. The fourth-order valence-electron chi connectivity index (χ4n) is 1.75. The zero-order valence-electron chi connectivity index (χ0n) is 12.2. The van der Waals surface area contributed by atoms with E-state index in [1.165, 1.54) is 24.3 Å². The van der Waals surface area contributed by atoms with E-state index in [-0.39, 0.29) is 4.90 Å². The van der Waals surface area contributed by atoms with Gasteiger partial charge in [-0.05, 0) is 36.4 Å². The zero-order chi connectivity index (χ0) is 16.7. The number of anilines is 1. The van der Waals surface area contributed by atoms with E-state index in [0.717, 1.165) is 5.75 Å². The molecule has 7 nitrogen and oxygen atoms in total. The molecule has 4 N–H and O–H groups in total. The number of nitrogens with one attached hydrogen (secondary N) is 2. The lowest BCUT2D eigenvalue weighted by molar-refractivity contribution is 0.247. The Balaban J connectivity index is 1.74. The van der Waals surface area contributed by atoms with Crippen LogP contribution in [0.15, 0.2) is 59.5 Å². The van der Waals surface area contributed by atoms with Crippen LogP contribution in [0.3, 0.4) is 0 Å². The van der Waals surface area contributed by atoms with Crippen molar-refractivity contribution in [3.8, 4) is 5.75 Å². The smallest absolute Gasteiger partial charge is 0.319 e. The van der Waals surface area contributed by atoms with Crippen LogP contribution in [-0.4, -0.2) is 27.6 Å². The molecule has 2 rings (SSSR count). The number of rotatable bonds is 6. The van der Waals surface area contributed by atoms with E-state index in [1.807, 2.05) is 30.3 Å². The van der Waals surface area contributed by atoms with Crippen molar-refractivity contribution in [3.05, 3.63) is 54.6 Å². The Morgan fingerprint density at radius 2 is 1.70 bits per heavy atom. The van der Waals surface area contributed by atoms with Crippen LogP contribution >= 0.6 is 0 Å². The molecule has 0 saturated heterocycles. The Hall–Kier alpha value is -2.58. The van der Waals surface area contributed by atoms with Crippen molar-refractivity contribution in [2.45, 2.75) is 4.90 Å². The number of carbonyl (C=O) groups excluding carboxylic acids is 1. The van der Waals surface area contributed by atoms with Gasteiger partial charge in [0.2, 0.25) is 10.0 Å². The summed E-state index contributed by atoms with van der Waals surface area (Å²) in [5.74, 6) is 0.730. The number of hydrogen-bond acceptors (Lipinski definition) is 4. The standard InChI is InChI=1S/C15H17N3O4S/c16-23(20,21)14-8-6-12(7-9-14)18-15(19)17-10-11-22-13-4-2-1-3-5-13/h1-9H,10-11H2,(H2,16,20,21)(H2,17,18,19). The lowest BCUT2D eigenvalue weighted by Gasteiger charge is -2.09. The summed E-state index contributed by atoms with van der Waals surface area (Å²) < 4.78 is 27.7. The largest absolute Gasteiger partial charge is 0.492 e. The van der Waals surface area contributed by atoms with Crippen LogP contribution in [0.5, 0.6) is 5.75 Å². The van der Waals surface area contributed by atoms with Gasteiger partial charge in [0.25, 0.3) is 0 Å². The molecule has 0 bridgehead atoms. The van der Waals surface area contributed by atoms with E-state index in [4.69, 9.17) is 9.88 Å². The molecule has 8 heteroatoms. The van der Waals surface area contributed by atoms with Gasteiger partial charge in [-0.3, -0.25) is 0 Å². The summed E-state index contributed by atoms with van der Waals surface area (Å²) in [6.07, 6.45) is 0. The summed E-state index contributed by atoms with van der Waals surface area (Å²) in [6.45, 7) is 0.664. The third-order valence-electron chi connectivity index (χ3n) is 2.84. The van der Waals surface area contributed by atoms with E-state index in [1.54, 1.807) is 0 Å². The average Bonchev–Trinajstić information content (AvgIpc) is 2.52. The van der Waals surface area contributed by atoms with Gasteiger partial charge in [-0.15, -0.1) is 0 Å². The first-order chi connectivity index (χ1) is 10.9. The van der Waals surface area contributed by atoms with Gasteiger partial charge in [-0.2, -0.15) is 0 Å². The summed E-state index contributed by atoms with van der Waals surface area (Å²) in [5.41, 5.74) is 0.457. The van der Waals surface area contributed by atoms with Gasteiger partial charge in [0.05, 0.1) is 11.4 Å². The summed E-state index contributed by atoms with van der Waals surface area (Å²) in [4.78, 5) is 11.7. The van der Waals surface area contributed by atoms with Gasteiger partial charge in [-0.25, -0.2) is 18.4 Å². The third kappa shape index (κ3) is 5.61. The van der Waals surface area contributed by atoms with Crippen LogP contribution < -0.4 is 20.5 Å². The van der Waals surface area contributed by atoms with Crippen LogP contribution in [0.25, 0.3) is 0 Å². The molecule has 0 unspecified atom stereocenters. The molecule has 0 heterocycles. The Labute approximate surface area is 134 Å². The predicted octanol–water partition coefficient (Wildman–Crippen LogP) is 1.53. The minimum absolute atomic E-state index is 0.0141. The molecule has 0 aliphatic heterocycles. The number of para-hydroxylation sites is 1. The second-order valence-electron chi connectivity index (χ2n) is 4.61. The van der Waals surface area contributed by atoms with E-state index in [0.29, 0.717) is 18.8 Å². The van der Waals surface area contributed by atoms with Gasteiger partial charge in [0, 0.05) is 5.69 Å². The quantitative estimate of drug-likeness (QED) is 0.695. The molecule has 0 aromatic heterocycles. The van der Waals surface area contributed by atoms with Gasteiger partial charge in [-0.1, -0.05) is 18.2 Å². The van der Waals surface area contributed by atoms with E-state index in [2.05, 4.69) is 10.6 Å². The van der Waals surface area contributed by atoms with Crippen molar-refractivity contribution in [2.75, 3.05) is 18.5 Å². The topological polar surface area (TPSA) is 111 Å². The van der Waals surface area contributed by atoms with Crippen molar-refractivity contribution in [1.29, 1.82) is 0 Å². The maximum atomic E-state index is 11.7. The number of amides is 2. The van der Waals surface area contributed by atoms with Crippen LogP contribution in [0.4, 0.5) is 10.5 Å². The number of sulfonamides is 1. The molecule has 0 fully saturated rings. The highest BCUT2D eigenvalue weighted by Crippen LogP contribution is 2.12. The summed E-state index contributed by atoms with van der Waals surface area (Å²) in [7, 11) is -3.74. The van der Waals surface area contributed by atoms with Crippen molar-refractivity contribution in [2.24, 2.45) is 5.14 Å². The highest BCUT2D eigenvalue weighted by molar-refractivity contribution is 7.89. The molecule has 0 aliphatic rings. The van der Waals surface area contributed by atoms with Crippen LogP contribution in [-0.2, 0) is 10.0 Å². The second kappa shape index (κ2) is 7.61. The lowest BCUT2D eigenvalue weighted by atomic mass is 10.3. The molecule has 2 amide bonds. The molecule has 2 aromatic rings. The Kier molecular flexibility index (Phi) is 5.56. The van der Waals surface area contributed by atoms with Crippen molar-refractivity contribution in [1.82, 2.24) is 5.32 Å². The zero-order valence-corrected chi connectivity index (χ0v) is 13.0. The van der Waals surface area contributed by atoms with E-state index in [9.17, 15) is 13.2 Å². The number of primary sulfonamides is 1. The Bertz CT molecular complexity index is 746. The number of carbonyl (C=O) groups is 1. The highest BCUT2D eigenvalue weighted by Gasteiger charge is 2.07. The first-order valence-corrected chi connectivity index (χ1v) is 8.35. The normalized spacial score (nSPS) is 10.8. The average molecular weight is 335 g/mol. The first-order valence-electron chi connectivity index (χ1n) is 6.81. The van der Waals surface area contributed by atoms with Gasteiger partial charge < -0.3 is 15.4 Å². The first kappa shape index (κ1) is 16.8. The van der Waals surface area contributed by atoms with Crippen molar-refractivity contribution >= 4 is 21.7 Å². The van der Waals surface area contributed by atoms with E-state index >= 15 is 0 Å². The molecule has 2 aromatic carbocycles. The molecule has 0 spiro atoms. The number of hydrogen-bond donors (Lipinski definition) is 3. The SMILES string of the molecule is NS(=O)(=O)c1ccc(NC(=O)NCCOc2ccccc2)cc1. The molecule has 122 valence electrons. The number of ether oxygens (including phenoxy) is 1. The van der Waals surface area contributed by atoms with Gasteiger partial charge in [0.15, 0.2) is 0 Å². The Morgan fingerprint density at radius 1 is 1.04 bits per heavy atom. The lowest BCUT2D eigenvalue weighted by Crippen LogP contribution is -2.32. The summed E-state index contributed by atoms with van der Waals surface area (Å²) >= 11 is 0. The van der Waals surface area contributed by atoms with Crippen molar-refractivity contribution < 1.29 is 17.9 Å². The summed E-state index contributed by atoms with van der Waals surface area (Å²) in [6, 6.07) is 14.4. The Morgan fingerprint density at radius 3 is 2.30 bits per heavy atom. The maximum absolute atomic E-state index is 11.7. The molecule has 0 saturated carbocycles. The molecule has 0 aliphatic carbocycles. The molecule has 0 radical (unpaired) electrons. The highest BCUT2D eigenvalue weighted by atomic mass is 32.2. The second-order valence-corrected chi connectivity index (χ2v) is 6.17. The fourth-order valence-corrected chi connectivity index (χ4v) is 2.27. The monoisotopic (exact) mass is 335 g/mol. The summed E-state index contributed by atoms with van der Waals surface area (Å²) in [5, 5.41) is 10.2. The fraction of sp³-hybridized carbons (Fsp3) is 0.133. The molecule has 23 heavy (non-hydrogen) atoms. The van der Waals surface area contributed by atoms with E-state index < -0.39 is 16.1 Å². The van der Waals surface area contributed by atoms with Crippen molar-refractivity contribution in [3.63, 3.8) is 0 Å². The number of benzene rings is 2. The van der Waals surface area contributed by atoms with Crippen LogP contribution in [0.2, 0.25) is 0 Å². The maximum Gasteiger partial charge on any atom is 0.319 e. The minimum Gasteiger partial charge on any atom is -0.492 e. The van der Waals surface area contributed by atoms with Crippen LogP contribution in [0.1, 0.15) is 0 Å². The van der Waals surface area contributed by atoms with Crippen LogP contribution in [0, 0.1) is 0 Å². The van der Waals surface area contributed by atoms with Gasteiger partial charge in [0.1, 0.15) is 12.4 Å². The molecule has 0 atom stereocenters. The molecular weight excluding hydrogens is 318 g/mol. The van der Waals surface area contributed by atoms with Gasteiger partial charge >= 0.3 is 6.03 Å². The predicted molar refractivity (Wildman–Crippen MR) is 86.8 cm³/mol. The third-order valence-corrected chi connectivity index (χ3v) is 3.77. The minimum atomic E-state index is -3.74. The number of urea groups is 1.